The van der Waals surface area contributed by atoms with Crippen molar-refractivity contribution in [2.75, 3.05) is 0 Å². The molecule has 0 amide bonds. The molecule has 3 heteroatoms. The van der Waals surface area contributed by atoms with Gasteiger partial charge < -0.3 is 8.39 Å². The maximum Gasteiger partial charge on any atom is 0.249 e. The zero-order valence-corrected chi connectivity index (χ0v) is 15.9. The van der Waals surface area contributed by atoms with E-state index in [9.17, 15) is 0 Å². The van der Waals surface area contributed by atoms with Crippen molar-refractivity contribution in [3.05, 3.63) is 97.4 Å². The van der Waals surface area contributed by atoms with Gasteiger partial charge in [0.2, 0.25) is 8.01 Å². The normalized spacial score (nSPS) is 14.3. The van der Waals surface area contributed by atoms with Crippen LogP contribution < -0.4 is 0 Å². The van der Waals surface area contributed by atoms with Crippen LogP contribution in [0.1, 0.15) is 0 Å². The van der Waals surface area contributed by atoms with Gasteiger partial charge in [-0.3, -0.25) is 0 Å². The summed E-state index contributed by atoms with van der Waals surface area (Å²) in [5.74, 6) is 0. The second-order valence-electron chi connectivity index (χ2n) is 6.91. The molecule has 1 aliphatic rings. The number of allylic oxidation sites excluding steroid dienone is 4. The molecule has 1 radical (unpaired) electrons. The fourth-order valence-corrected chi connectivity index (χ4v) is 5.28. The van der Waals surface area contributed by atoms with Crippen molar-refractivity contribution in [2.45, 2.75) is 0 Å². The van der Waals surface area contributed by atoms with Crippen LogP contribution in [0.4, 0.5) is 0 Å². The lowest BCUT2D eigenvalue weighted by Crippen LogP contribution is -1.79. The second-order valence-corrected chi connectivity index (χ2v) is 8.30. The summed E-state index contributed by atoms with van der Waals surface area (Å²) >= 11 is 0. The van der Waals surface area contributed by atoms with Crippen LogP contribution in [-0.2, 0) is 0 Å². The molecule has 0 saturated heterocycles. The van der Waals surface area contributed by atoms with Crippen molar-refractivity contribution in [1.29, 1.82) is 0 Å². The third-order valence-electron chi connectivity index (χ3n) is 5.25. The van der Waals surface area contributed by atoms with E-state index < -0.39 is 8.01 Å². The van der Waals surface area contributed by atoms with Gasteiger partial charge in [0.25, 0.3) is 0 Å². The van der Waals surface area contributed by atoms with Crippen LogP contribution in [0.3, 0.4) is 0 Å². The highest BCUT2D eigenvalue weighted by atomic mass is 31.1. The Labute approximate surface area is 162 Å². The molecular weight excluding hydrogens is 363 g/mol. The van der Waals surface area contributed by atoms with Crippen molar-refractivity contribution in [3.63, 3.8) is 0 Å². The Bertz CT molecular complexity index is 1490. The van der Waals surface area contributed by atoms with E-state index >= 15 is 0 Å². The van der Waals surface area contributed by atoms with Gasteiger partial charge in [-0.2, -0.15) is 0 Å². The summed E-state index contributed by atoms with van der Waals surface area (Å²) in [6, 6.07) is 25.3. The molecule has 1 aliphatic carbocycles. The highest BCUT2D eigenvalue weighted by Crippen LogP contribution is 2.47. The maximum atomic E-state index is 6.59. The minimum atomic E-state index is -1.26. The molecule has 0 spiro atoms. The van der Waals surface area contributed by atoms with Gasteiger partial charge in [0.1, 0.15) is 11.2 Å². The Morgan fingerprint density at radius 3 is 2.18 bits per heavy atom. The van der Waals surface area contributed by atoms with E-state index in [-0.39, 0.29) is 0 Å². The third-order valence-corrected chi connectivity index (χ3v) is 6.68. The van der Waals surface area contributed by atoms with E-state index in [1.807, 2.05) is 12.2 Å². The van der Waals surface area contributed by atoms with Gasteiger partial charge in [-0.05, 0) is 34.4 Å². The topological polar surface area (TPSA) is 26.3 Å². The largest absolute Gasteiger partial charge is 0.416 e. The van der Waals surface area contributed by atoms with Gasteiger partial charge in [-0.1, -0.05) is 72.8 Å². The molecule has 0 aliphatic heterocycles. The number of hydrogen-bond donors (Lipinski definition) is 0. The average Bonchev–Trinajstić information content (AvgIpc) is 3.22. The summed E-state index contributed by atoms with van der Waals surface area (Å²) in [4.78, 5) is 0. The summed E-state index contributed by atoms with van der Waals surface area (Å²) in [6.45, 7) is 0. The number of hydrogen-bond acceptors (Lipinski definition) is 2. The summed E-state index contributed by atoms with van der Waals surface area (Å²) in [6.07, 6.45) is 8.20. The van der Waals surface area contributed by atoms with E-state index in [4.69, 9.17) is 8.39 Å². The molecule has 1 aromatic heterocycles. The SMILES string of the molecule is [CH]1C=CC=C1p1oc2ccc3ccccc3c2c2ccc3ccccc3c2o1. The highest BCUT2D eigenvalue weighted by molar-refractivity contribution is 7.49. The number of fused-ring (bicyclic) bond motifs is 7. The van der Waals surface area contributed by atoms with E-state index in [0.29, 0.717) is 0 Å². The predicted octanol–water partition coefficient (Wildman–Crippen LogP) is 8.21. The fourth-order valence-electron chi connectivity index (χ4n) is 3.93. The first-order chi connectivity index (χ1) is 13.9. The quantitative estimate of drug-likeness (QED) is 0.293. The molecule has 1 unspecified atom stereocenters. The summed E-state index contributed by atoms with van der Waals surface area (Å²) in [5, 5.41) is 7.93. The smallest absolute Gasteiger partial charge is 0.249 e. The lowest BCUT2D eigenvalue weighted by molar-refractivity contribution is 0.654. The first-order valence-electron chi connectivity index (χ1n) is 9.30. The van der Waals surface area contributed by atoms with E-state index in [2.05, 4.69) is 85.3 Å². The van der Waals surface area contributed by atoms with Gasteiger partial charge in [0, 0.05) is 22.6 Å². The standard InChI is InChI=1S/C25H16O2P/c1-5-11-20-17(7-1)14-16-23-24(20)22-15-13-18-8-2-6-12-21(18)25(22)27-28(26-23)19-9-3-4-10-19/h1-16H. The van der Waals surface area contributed by atoms with Crippen molar-refractivity contribution < 1.29 is 8.39 Å². The summed E-state index contributed by atoms with van der Waals surface area (Å²) < 4.78 is 13.1. The van der Waals surface area contributed by atoms with E-state index in [1.165, 1.54) is 16.2 Å². The van der Waals surface area contributed by atoms with Crippen LogP contribution in [0.5, 0.6) is 0 Å². The van der Waals surface area contributed by atoms with Crippen molar-refractivity contribution in [1.82, 2.24) is 0 Å². The molecule has 0 bridgehead atoms. The molecule has 2 nitrogen and oxygen atoms in total. The van der Waals surface area contributed by atoms with Crippen LogP contribution in [0.2, 0.25) is 0 Å². The zero-order valence-electron chi connectivity index (χ0n) is 15.0. The minimum Gasteiger partial charge on any atom is -0.416 e. The zero-order chi connectivity index (χ0) is 18.5. The van der Waals surface area contributed by atoms with Crippen LogP contribution in [-0.4, -0.2) is 0 Å². The Morgan fingerprint density at radius 2 is 1.36 bits per heavy atom. The van der Waals surface area contributed by atoms with Gasteiger partial charge in [0.05, 0.1) is 5.31 Å². The number of benzene rings is 4. The minimum absolute atomic E-state index is 0.875. The monoisotopic (exact) mass is 379 g/mol. The molecule has 28 heavy (non-hydrogen) atoms. The summed E-state index contributed by atoms with van der Waals surface area (Å²) in [7, 11) is -1.26. The van der Waals surface area contributed by atoms with Gasteiger partial charge in [0.15, 0.2) is 0 Å². The highest BCUT2D eigenvalue weighted by Gasteiger charge is 2.15. The molecule has 0 N–H and O–H groups in total. The average molecular weight is 379 g/mol. The Hall–Kier alpha value is -3.22. The molecule has 0 fully saturated rings. The van der Waals surface area contributed by atoms with Crippen LogP contribution >= 0.6 is 8.01 Å². The van der Waals surface area contributed by atoms with Crippen molar-refractivity contribution in [2.24, 2.45) is 0 Å². The molecule has 6 rings (SSSR count). The van der Waals surface area contributed by atoms with E-state index in [1.54, 1.807) is 0 Å². The molecule has 5 aromatic rings. The van der Waals surface area contributed by atoms with E-state index in [0.717, 1.165) is 32.6 Å². The summed E-state index contributed by atoms with van der Waals surface area (Å²) in [5.41, 5.74) is 1.78. The second kappa shape index (κ2) is 6.15. The molecular formula is C25H16O2P. The van der Waals surface area contributed by atoms with Crippen molar-refractivity contribution >= 4 is 56.8 Å². The Kier molecular flexibility index (Phi) is 3.47. The third kappa shape index (κ3) is 2.35. The fraction of sp³-hybridized carbons (Fsp3) is 0. The van der Waals surface area contributed by atoms with Gasteiger partial charge in [-0.25, -0.2) is 0 Å². The Balaban J connectivity index is 1.91. The predicted molar refractivity (Wildman–Crippen MR) is 119 cm³/mol. The van der Waals surface area contributed by atoms with Gasteiger partial charge >= 0.3 is 0 Å². The lowest BCUT2D eigenvalue weighted by atomic mass is 10.0. The first kappa shape index (κ1) is 15.8. The molecule has 133 valence electrons. The molecule has 4 aromatic carbocycles. The first-order valence-corrected chi connectivity index (χ1v) is 10.5. The Morgan fingerprint density at radius 1 is 0.607 bits per heavy atom. The number of rotatable bonds is 1. The molecule has 1 heterocycles. The molecule has 0 saturated carbocycles. The maximum absolute atomic E-state index is 6.59. The van der Waals surface area contributed by atoms with Crippen LogP contribution in [0.25, 0.3) is 48.8 Å². The van der Waals surface area contributed by atoms with Crippen LogP contribution in [0.15, 0.2) is 99.4 Å². The molecule has 1 atom stereocenters. The van der Waals surface area contributed by atoms with Crippen LogP contribution in [0, 0.1) is 6.42 Å². The van der Waals surface area contributed by atoms with Crippen molar-refractivity contribution in [3.8, 4) is 0 Å². The lowest BCUT2D eigenvalue weighted by Gasteiger charge is -2.04. The van der Waals surface area contributed by atoms with Gasteiger partial charge in [-0.15, -0.1) is 0 Å².